The normalized spacial score (nSPS) is 14.1. The number of nitrogens with zero attached hydrogens (tertiary/aromatic N) is 1. The van der Waals surface area contributed by atoms with Gasteiger partial charge in [0.05, 0.1) is 19.4 Å². The van der Waals surface area contributed by atoms with Crippen LogP contribution in [0.25, 0.3) is 0 Å². The van der Waals surface area contributed by atoms with E-state index in [-0.39, 0.29) is 18.9 Å². The first kappa shape index (κ1) is 18.6. The number of carboxylic acid groups (broad SMARTS) is 1. The van der Waals surface area contributed by atoms with Crippen LogP contribution in [0.15, 0.2) is 5.16 Å². The lowest BCUT2D eigenvalue weighted by Gasteiger charge is -2.29. The molecule has 0 aromatic carbocycles. The first-order valence-corrected chi connectivity index (χ1v) is 5.51. The maximum atomic E-state index is 11.6. The third-order valence-electron chi connectivity index (χ3n) is 2.39. The van der Waals surface area contributed by atoms with Crippen LogP contribution in [0.2, 0.25) is 0 Å². The summed E-state index contributed by atoms with van der Waals surface area (Å²) < 4.78 is 5.04. The summed E-state index contributed by atoms with van der Waals surface area (Å²) in [6.07, 6.45) is -2.02. The number of aliphatic carboxylic acids is 1. The minimum Gasteiger partial charge on any atom is -0.481 e. The van der Waals surface area contributed by atoms with Crippen LogP contribution in [0.5, 0.6) is 0 Å². The fourth-order valence-corrected chi connectivity index (χ4v) is 1.44. The van der Waals surface area contributed by atoms with Crippen molar-refractivity contribution in [1.82, 2.24) is 11.0 Å². The summed E-state index contributed by atoms with van der Waals surface area (Å²) in [5.41, 5.74) is 5.31. The molecular formula is C9H16N4O8. The van der Waals surface area contributed by atoms with Gasteiger partial charge in [0.1, 0.15) is 5.84 Å². The number of carbonyl (C=O) groups excluding carboxylic acids is 2. The molecule has 12 heteroatoms. The summed E-state index contributed by atoms with van der Waals surface area (Å²) in [6, 6.07) is 0. The van der Waals surface area contributed by atoms with Crippen molar-refractivity contribution >= 4 is 23.6 Å². The first-order chi connectivity index (χ1) is 9.81. The van der Waals surface area contributed by atoms with Crippen LogP contribution in [0, 0.1) is 0 Å². The number of hydroxylamine groups is 2. The second-order valence-electron chi connectivity index (χ2n) is 3.91. The Hall–Kier alpha value is -2.44. The lowest BCUT2D eigenvalue weighted by atomic mass is 9.93. The molecule has 0 radical (unpaired) electrons. The highest BCUT2D eigenvalue weighted by Gasteiger charge is 2.44. The van der Waals surface area contributed by atoms with E-state index in [1.54, 1.807) is 0 Å². The maximum Gasteiger partial charge on any atom is 0.306 e. The molecule has 0 heterocycles. The van der Waals surface area contributed by atoms with E-state index < -0.39 is 36.2 Å². The standard InChI is InChI=1S/C9H16N4O8/c10-5(11-18)1-2-21-9(4-7(15)16,8(17)13-20)3-6(14)12-19/h18-20H,1-4H2,(H2,10,11)(H,12,14)(H,13,17)(H,15,16). The summed E-state index contributed by atoms with van der Waals surface area (Å²) in [6.45, 7) is -0.380. The number of carbonyl (C=O) groups is 3. The Morgan fingerprint density at radius 3 is 2.24 bits per heavy atom. The molecule has 0 aromatic rings. The van der Waals surface area contributed by atoms with Gasteiger partial charge in [-0.3, -0.25) is 24.8 Å². The van der Waals surface area contributed by atoms with Gasteiger partial charge in [-0.2, -0.15) is 0 Å². The summed E-state index contributed by atoms with van der Waals surface area (Å²) in [5.74, 6) is -4.15. The molecule has 1 atom stereocenters. The Morgan fingerprint density at radius 1 is 1.19 bits per heavy atom. The van der Waals surface area contributed by atoms with E-state index in [0.717, 1.165) is 0 Å². The van der Waals surface area contributed by atoms with Gasteiger partial charge in [0.2, 0.25) is 5.91 Å². The molecule has 0 saturated heterocycles. The quantitative estimate of drug-likeness (QED) is 0.0806. The minimum absolute atomic E-state index is 0.169. The van der Waals surface area contributed by atoms with E-state index >= 15 is 0 Å². The van der Waals surface area contributed by atoms with Crippen LogP contribution in [-0.2, 0) is 19.1 Å². The van der Waals surface area contributed by atoms with Gasteiger partial charge in [-0.15, -0.1) is 0 Å². The Labute approximate surface area is 118 Å². The average Bonchev–Trinajstić information content (AvgIpc) is 2.44. The molecule has 0 fully saturated rings. The molecule has 0 bridgehead atoms. The summed E-state index contributed by atoms with van der Waals surface area (Å²) >= 11 is 0. The van der Waals surface area contributed by atoms with Crippen LogP contribution in [0.3, 0.4) is 0 Å². The molecule has 8 N–H and O–H groups in total. The molecule has 0 spiro atoms. The Kier molecular flexibility index (Phi) is 7.67. The third-order valence-corrected chi connectivity index (χ3v) is 2.39. The molecule has 0 aliphatic carbocycles. The second-order valence-corrected chi connectivity index (χ2v) is 3.91. The number of amides is 2. The predicted octanol–water partition coefficient (Wildman–Crippen LogP) is -2.25. The molecule has 0 saturated carbocycles. The van der Waals surface area contributed by atoms with Gasteiger partial charge >= 0.3 is 5.97 Å². The van der Waals surface area contributed by atoms with Crippen molar-refractivity contribution < 1.29 is 39.8 Å². The van der Waals surface area contributed by atoms with Crippen molar-refractivity contribution in [2.45, 2.75) is 24.9 Å². The van der Waals surface area contributed by atoms with Gasteiger partial charge in [-0.1, -0.05) is 5.16 Å². The molecule has 0 aromatic heterocycles. The van der Waals surface area contributed by atoms with Crippen LogP contribution >= 0.6 is 0 Å². The first-order valence-electron chi connectivity index (χ1n) is 5.51. The zero-order valence-corrected chi connectivity index (χ0v) is 10.8. The van der Waals surface area contributed by atoms with E-state index in [2.05, 4.69) is 5.16 Å². The van der Waals surface area contributed by atoms with Gasteiger partial charge in [0.25, 0.3) is 5.91 Å². The fourth-order valence-electron chi connectivity index (χ4n) is 1.44. The van der Waals surface area contributed by atoms with E-state index in [9.17, 15) is 14.4 Å². The smallest absolute Gasteiger partial charge is 0.306 e. The summed E-state index contributed by atoms with van der Waals surface area (Å²) in [4.78, 5) is 33.7. The highest BCUT2D eigenvalue weighted by Crippen LogP contribution is 2.22. The third kappa shape index (κ3) is 6.03. The van der Waals surface area contributed by atoms with Crippen molar-refractivity contribution in [3.05, 3.63) is 0 Å². The van der Waals surface area contributed by atoms with E-state index in [4.69, 9.17) is 31.2 Å². The van der Waals surface area contributed by atoms with Crippen molar-refractivity contribution in [3.63, 3.8) is 0 Å². The SMILES string of the molecule is N/C(CCOC(CC(=O)O)(CC(=O)NO)C(=O)NO)=N/O. The number of nitrogens with two attached hydrogens (primary N) is 1. The zero-order valence-electron chi connectivity index (χ0n) is 10.8. The second kappa shape index (κ2) is 8.68. The number of rotatable bonds is 9. The van der Waals surface area contributed by atoms with E-state index in [1.807, 2.05) is 0 Å². The minimum atomic E-state index is -2.27. The Morgan fingerprint density at radius 2 is 1.81 bits per heavy atom. The topological polar surface area (TPSA) is 204 Å². The molecule has 0 aliphatic rings. The number of ether oxygens (including phenoxy) is 1. The largest absolute Gasteiger partial charge is 0.481 e. The summed E-state index contributed by atoms with van der Waals surface area (Å²) in [5, 5.41) is 36.9. The average molecular weight is 308 g/mol. The monoisotopic (exact) mass is 308 g/mol. The van der Waals surface area contributed by atoms with Crippen LogP contribution < -0.4 is 16.7 Å². The van der Waals surface area contributed by atoms with Gasteiger partial charge in [-0.25, -0.2) is 11.0 Å². The molecule has 0 rings (SSSR count). The molecular weight excluding hydrogens is 292 g/mol. The molecule has 2 amide bonds. The number of hydrogen-bond acceptors (Lipinski definition) is 8. The van der Waals surface area contributed by atoms with Crippen LogP contribution in [0.1, 0.15) is 19.3 Å². The van der Waals surface area contributed by atoms with Crippen LogP contribution in [-0.4, -0.2) is 56.6 Å². The molecule has 12 nitrogen and oxygen atoms in total. The lowest BCUT2D eigenvalue weighted by Crippen LogP contribution is -2.52. The number of carboxylic acids is 1. The number of oxime groups is 1. The predicted molar refractivity (Wildman–Crippen MR) is 63.4 cm³/mol. The van der Waals surface area contributed by atoms with Crippen LogP contribution in [0.4, 0.5) is 0 Å². The molecule has 21 heavy (non-hydrogen) atoms. The van der Waals surface area contributed by atoms with Gasteiger partial charge in [0, 0.05) is 6.42 Å². The summed E-state index contributed by atoms with van der Waals surface area (Å²) in [7, 11) is 0. The van der Waals surface area contributed by atoms with Gasteiger partial charge < -0.3 is 20.8 Å². The Bertz CT molecular complexity index is 426. The zero-order chi connectivity index (χ0) is 16.5. The van der Waals surface area contributed by atoms with E-state index in [0.29, 0.717) is 0 Å². The van der Waals surface area contributed by atoms with Crippen molar-refractivity contribution in [2.24, 2.45) is 10.9 Å². The highest BCUT2D eigenvalue weighted by molar-refractivity contribution is 5.93. The highest BCUT2D eigenvalue weighted by atomic mass is 16.5. The van der Waals surface area contributed by atoms with Gasteiger partial charge in [0.15, 0.2) is 5.60 Å². The van der Waals surface area contributed by atoms with Crippen molar-refractivity contribution in [2.75, 3.05) is 6.61 Å². The lowest BCUT2D eigenvalue weighted by molar-refractivity contribution is -0.169. The molecule has 1 unspecified atom stereocenters. The molecule has 120 valence electrons. The number of nitrogens with one attached hydrogen (secondary N) is 2. The fraction of sp³-hybridized carbons (Fsp3) is 0.556. The number of hydrogen-bond donors (Lipinski definition) is 7. The maximum absolute atomic E-state index is 11.6. The van der Waals surface area contributed by atoms with Crippen molar-refractivity contribution in [1.29, 1.82) is 0 Å². The Balaban J connectivity index is 5.19. The van der Waals surface area contributed by atoms with Crippen molar-refractivity contribution in [3.8, 4) is 0 Å². The molecule has 0 aliphatic heterocycles. The van der Waals surface area contributed by atoms with Gasteiger partial charge in [-0.05, 0) is 0 Å². The van der Waals surface area contributed by atoms with E-state index in [1.165, 1.54) is 11.0 Å². The number of amidine groups is 1.